The molecule has 0 aliphatic carbocycles. The third kappa shape index (κ3) is 2.91. The lowest BCUT2D eigenvalue weighted by molar-refractivity contribution is 0.0988. The average molecular weight is 290 g/mol. The van der Waals surface area contributed by atoms with Gasteiger partial charge in [-0.1, -0.05) is 29.3 Å². The van der Waals surface area contributed by atoms with Crippen molar-refractivity contribution in [1.29, 1.82) is 0 Å². The van der Waals surface area contributed by atoms with Crippen LogP contribution in [0.3, 0.4) is 0 Å². The van der Waals surface area contributed by atoms with Crippen LogP contribution in [0.25, 0.3) is 0 Å². The smallest absolute Gasteiger partial charge is 0.261 e. The number of benzene rings is 1. The van der Waals surface area contributed by atoms with Crippen LogP contribution in [0.2, 0.25) is 5.15 Å². The molecule has 1 aromatic heterocycles. The Morgan fingerprint density at radius 3 is 2.60 bits per heavy atom. The fourth-order valence-corrected chi connectivity index (χ4v) is 2.11. The molecule has 0 spiro atoms. The maximum absolute atomic E-state index is 12.6. The van der Waals surface area contributed by atoms with Crippen LogP contribution in [0.1, 0.15) is 22.8 Å². The summed E-state index contributed by atoms with van der Waals surface area (Å²) in [5, 5.41) is 0.162. The van der Waals surface area contributed by atoms with Crippen molar-refractivity contribution in [3.05, 3.63) is 52.8 Å². The van der Waals surface area contributed by atoms with Crippen LogP contribution in [0, 0.1) is 6.92 Å². The Morgan fingerprint density at radius 1 is 1.35 bits per heavy atom. The summed E-state index contributed by atoms with van der Waals surface area (Å²) in [5.41, 5.74) is 8.36. The molecule has 4 nitrogen and oxygen atoms in total. The van der Waals surface area contributed by atoms with Gasteiger partial charge in [0.1, 0.15) is 5.15 Å². The van der Waals surface area contributed by atoms with Crippen LogP contribution in [0.15, 0.2) is 36.5 Å². The van der Waals surface area contributed by atoms with E-state index >= 15 is 0 Å². The van der Waals surface area contributed by atoms with E-state index in [0.717, 1.165) is 11.3 Å². The van der Waals surface area contributed by atoms with Crippen molar-refractivity contribution in [1.82, 2.24) is 4.98 Å². The number of rotatable bonds is 3. The number of nitrogen functional groups attached to an aromatic ring is 1. The third-order valence-corrected chi connectivity index (χ3v) is 3.30. The summed E-state index contributed by atoms with van der Waals surface area (Å²) in [6, 6.07) is 9.29. The highest BCUT2D eigenvalue weighted by molar-refractivity contribution is 6.33. The molecule has 0 saturated heterocycles. The zero-order valence-corrected chi connectivity index (χ0v) is 12.2. The molecule has 0 saturated carbocycles. The minimum atomic E-state index is -0.207. The Bertz CT molecular complexity index is 626. The minimum absolute atomic E-state index is 0.162. The predicted molar refractivity (Wildman–Crippen MR) is 82.2 cm³/mol. The zero-order chi connectivity index (χ0) is 14.7. The van der Waals surface area contributed by atoms with Gasteiger partial charge in [0.05, 0.1) is 17.4 Å². The third-order valence-electron chi connectivity index (χ3n) is 3.00. The highest BCUT2D eigenvalue weighted by Crippen LogP contribution is 2.22. The number of amides is 1. The van der Waals surface area contributed by atoms with E-state index in [0.29, 0.717) is 17.8 Å². The fourth-order valence-electron chi connectivity index (χ4n) is 1.93. The van der Waals surface area contributed by atoms with Gasteiger partial charge in [0.15, 0.2) is 0 Å². The SMILES string of the molecule is CCN(C(=O)c1cc(N)cnc1Cl)c1ccc(C)cc1. The summed E-state index contributed by atoms with van der Waals surface area (Å²) < 4.78 is 0. The molecule has 2 N–H and O–H groups in total. The molecule has 0 atom stereocenters. The molecule has 5 heteroatoms. The van der Waals surface area contributed by atoms with Gasteiger partial charge in [-0.15, -0.1) is 0 Å². The molecule has 0 fully saturated rings. The Labute approximate surface area is 123 Å². The van der Waals surface area contributed by atoms with Crippen molar-refractivity contribution in [2.24, 2.45) is 0 Å². The van der Waals surface area contributed by atoms with E-state index in [1.54, 1.807) is 11.0 Å². The summed E-state index contributed by atoms with van der Waals surface area (Å²) in [6.45, 7) is 4.44. The fraction of sp³-hybridized carbons (Fsp3) is 0.200. The number of halogens is 1. The molecule has 20 heavy (non-hydrogen) atoms. The number of anilines is 2. The van der Waals surface area contributed by atoms with E-state index in [-0.39, 0.29) is 11.1 Å². The van der Waals surface area contributed by atoms with Crippen molar-refractivity contribution in [3.63, 3.8) is 0 Å². The first-order chi connectivity index (χ1) is 9.52. The van der Waals surface area contributed by atoms with E-state index in [1.165, 1.54) is 6.20 Å². The minimum Gasteiger partial charge on any atom is -0.397 e. The van der Waals surface area contributed by atoms with Gasteiger partial charge in [-0.2, -0.15) is 0 Å². The Morgan fingerprint density at radius 2 is 2.00 bits per heavy atom. The predicted octanol–water partition coefficient (Wildman–Crippen LogP) is 3.29. The van der Waals surface area contributed by atoms with Crippen LogP contribution in [-0.2, 0) is 0 Å². The van der Waals surface area contributed by atoms with Gasteiger partial charge < -0.3 is 10.6 Å². The standard InChI is InChI=1S/C15H16ClN3O/c1-3-19(12-6-4-10(2)5-7-12)15(20)13-8-11(17)9-18-14(13)16/h4-9H,3,17H2,1-2H3. The van der Waals surface area contributed by atoms with Crippen LogP contribution in [-0.4, -0.2) is 17.4 Å². The first-order valence-corrected chi connectivity index (χ1v) is 6.70. The van der Waals surface area contributed by atoms with Crippen molar-refractivity contribution >= 4 is 28.9 Å². The molecule has 0 unspecified atom stereocenters. The second kappa shape index (κ2) is 5.92. The van der Waals surface area contributed by atoms with Gasteiger partial charge in [-0.05, 0) is 32.0 Å². The molecule has 0 aliphatic rings. The van der Waals surface area contributed by atoms with E-state index < -0.39 is 0 Å². The van der Waals surface area contributed by atoms with Gasteiger partial charge in [0.25, 0.3) is 5.91 Å². The molecular formula is C15H16ClN3O. The average Bonchev–Trinajstić information content (AvgIpc) is 2.44. The lowest BCUT2D eigenvalue weighted by Crippen LogP contribution is -2.31. The number of carbonyl (C=O) groups is 1. The number of pyridine rings is 1. The van der Waals surface area contributed by atoms with Crippen molar-refractivity contribution in [3.8, 4) is 0 Å². The molecule has 1 aromatic carbocycles. The Hall–Kier alpha value is -2.07. The number of carbonyl (C=O) groups excluding carboxylic acids is 1. The van der Waals surface area contributed by atoms with Gasteiger partial charge in [-0.3, -0.25) is 4.79 Å². The second-order valence-corrected chi connectivity index (χ2v) is 4.85. The van der Waals surface area contributed by atoms with Crippen LogP contribution in [0.4, 0.5) is 11.4 Å². The van der Waals surface area contributed by atoms with Crippen molar-refractivity contribution in [2.45, 2.75) is 13.8 Å². The summed E-state index contributed by atoms with van der Waals surface area (Å²) in [4.78, 5) is 18.1. The lowest BCUT2D eigenvalue weighted by atomic mass is 10.2. The number of nitrogens with two attached hydrogens (primary N) is 1. The normalized spacial score (nSPS) is 10.3. The zero-order valence-electron chi connectivity index (χ0n) is 11.4. The van der Waals surface area contributed by atoms with Gasteiger partial charge >= 0.3 is 0 Å². The Kier molecular flexibility index (Phi) is 4.25. The van der Waals surface area contributed by atoms with Crippen LogP contribution >= 0.6 is 11.6 Å². The summed E-state index contributed by atoms with van der Waals surface area (Å²) in [7, 11) is 0. The first kappa shape index (κ1) is 14.3. The topological polar surface area (TPSA) is 59.2 Å². The maximum Gasteiger partial charge on any atom is 0.261 e. The number of aromatic nitrogens is 1. The van der Waals surface area contributed by atoms with E-state index in [2.05, 4.69) is 4.98 Å². The van der Waals surface area contributed by atoms with Gasteiger partial charge in [0.2, 0.25) is 0 Å². The number of aryl methyl sites for hydroxylation is 1. The number of hydrogen-bond acceptors (Lipinski definition) is 3. The second-order valence-electron chi connectivity index (χ2n) is 4.49. The molecular weight excluding hydrogens is 274 g/mol. The van der Waals surface area contributed by atoms with E-state index in [4.69, 9.17) is 17.3 Å². The first-order valence-electron chi connectivity index (χ1n) is 6.32. The molecule has 104 valence electrons. The lowest BCUT2D eigenvalue weighted by Gasteiger charge is -2.21. The van der Waals surface area contributed by atoms with Gasteiger partial charge in [-0.25, -0.2) is 4.98 Å². The monoisotopic (exact) mass is 289 g/mol. The highest BCUT2D eigenvalue weighted by atomic mass is 35.5. The van der Waals surface area contributed by atoms with E-state index in [9.17, 15) is 4.79 Å². The molecule has 0 aliphatic heterocycles. The van der Waals surface area contributed by atoms with Crippen molar-refractivity contribution < 1.29 is 4.79 Å². The van der Waals surface area contributed by atoms with E-state index in [1.807, 2.05) is 38.1 Å². The number of nitrogens with zero attached hydrogens (tertiary/aromatic N) is 2. The molecule has 2 aromatic rings. The molecule has 2 rings (SSSR count). The molecule has 1 amide bonds. The summed E-state index contributed by atoms with van der Waals surface area (Å²) in [6.07, 6.45) is 1.43. The molecule has 0 radical (unpaired) electrons. The highest BCUT2D eigenvalue weighted by Gasteiger charge is 2.19. The molecule has 0 bridgehead atoms. The van der Waals surface area contributed by atoms with Gasteiger partial charge in [0, 0.05) is 12.2 Å². The summed E-state index contributed by atoms with van der Waals surface area (Å²) in [5.74, 6) is -0.207. The molecule has 1 heterocycles. The number of hydrogen-bond donors (Lipinski definition) is 1. The van der Waals surface area contributed by atoms with Crippen molar-refractivity contribution in [2.75, 3.05) is 17.2 Å². The largest absolute Gasteiger partial charge is 0.397 e. The maximum atomic E-state index is 12.6. The van der Waals surface area contributed by atoms with Crippen LogP contribution in [0.5, 0.6) is 0 Å². The van der Waals surface area contributed by atoms with Crippen LogP contribution < -0.4 is 10.6 Å². The summed E-state index contributed by atoms with van der Waals surface area (Å²) >= 11 is 5.99. The quantitative estimate of drug-likeness (QED) is 0.882. The Balaban J connectivity index is 2.38.